The Labute approximate surface area is 135 Å². The average Bonchev–Trinajstić information content (AvgIpc) is 2.91. The molecule has 0 aliphatic carbocycles. The lowest BCUT2D eigenvalue weighted by atomic mass is 10.00. The second-order valence-corrected chi connectivity index (χ2v) is 5.38. The summed E-state index contributed by atoms with van der Waals surface area (Å²) in [6.45, 7) is 3.72. The zero-order valence-electron chi connectivity index (χ0n) is 12.6. The molecule has 1 aliphatic heterocycles. The van der Waals surface area contributed by atoms with Gasteiger partial charge in [0.1, 0.15) is 6.10 Å². The Morgan fingerprint density at radius 3 is 2.30 bits per heavy atom. The molecule has 116 valence electrons. The predicted octanol–water partition coefficient (Wildman–Crippen LogP) is 3.44. The van der Waals surface area contributed by atoms with Crippen molar-refractivity contribution in [3.63, 3.8) is 0 Å². The molecule has 0 aromatic heterocycles. The van der Waals surface area contributed by atoms with E-state index in [-0.39, 0.29) is 5.91 Å². The molecular weight excluding hydrogens is 290 g/mol. The van der Waals surface area contributed by atoms with E-state index in [1.165, 1.54) is 4.90 Å². The van der Waals surface area contributed by atoms with E-state index in [1.54, 1.807) is 30.3 Å². The van der Waals surface area contributed by atoms with E-state index >= 15 is 0 Å². The van der Waals surface area contributed by atoms with Gasteiger partial charge in [-0.1, -0.05) is 55.1 Å². The Balaban J connectivity index is 1.91. The van der Waals surface area contributed by atoms with Gasteiger partial charge in [-0.2, -0.15) is 0 Å². The number of carbonyl (C=O) groups is 2. The fraction of sp³-hybridized carbons (Fsp3) is 0.158. The number of benzene rings is 2. The van der Waals surface area contributed by atoms with Crippen LogP contribution in [0.2, 0.25) is 0 Å². The molecule has 23 heavy (non-hydrogen) atoms. The minimum atomic E-state index is -0.621. The van der Waals surface area contributed by atoms with Crippen LogP contribution in [0, 0.1) is 0 Å². The van der Waals surface area contributed by atoms with Gasteiger partial charge in [0.2, 0.25) is 0 Å². The third kappa shape index (κ3) is 3.01. The number of cyclic esters (lactones) is 1. The molecule has 3 rings (SSSR count). The van der Waals surface area contributed by atoms with E-state index < -0.39 is 18.2 Å². The quantitative estimate of drug-likeness (QED) is 0.813. The molecule has 0 bridgehead atoms. The maximum Gasteiger partial charge on any atom is 0.417 e. The molecule has 1 heterocycles. The first-order valence-electron chi connectivity index (χ1n) is 7.46. The van der Waals surface area contributed by atoms with Crippen LogP contribution in [0.1, 0.15) is 15.9 Å². The van der Waals surface area contributed by atoms with Crippen molar-refractivity contribution < 1.29 is 14.3 Å². The van der Waals surface area contributed by atoms with Gasteiger partial charge in [-0.05, 0) is 30.2 Å². The number of amides is 2. The molecule has 1 saturated heterocycles. The van der Waals surface area contributed by atoms with Crippen LogP contribution < -0.4 is 0 Å². The van der Waals surface area contributed by atoms with Crippen LogP contribution in [0.25, 0.3) is 0 Å². The van der Waals surface area contributed by atoms with Gasteiger partial charge in [-0.15, -0.1) is 0 Å². The fourth-order valence-corrected chi connectivity index (χ4v) is 2.76. The Morgan fingerprint density at radius 1 is 1.09 bits per heavy atom. The van der Waals surface area contributed by atoms with E-state index in [2.05, 4.69) is 6.58 Å². The van der Waals surface area contributed by atoms with Gasteiger partial charge in [-0.3, -0.25) is 4.79 Å². The van der Waals surface area contributed by atoms with Crippen LogP contribution in [0.4, 0.5) is 4.79 Å². The number of ether oxygens (including phenoxy) is 1. The molecule has 4 nitrogen and oxygen atoms in total. The van der Waals surface area contributed by atoms with Crippen molar-refractivity contribution in [2.24, 2.45) is 0 Å². The maximum absolute atomic E-state index is 12.7. The molecule has 1 aliphatic rings. The Morgan fingerprint density at radius 2 is 1.70 bits per heavy atom. The predicted molar refractivity (Wildman–Crippen MR) is 87.0 cm³/mol. The molecule has 2 atom stereocenters. The fourth-order valence-electron chi connectivity index (χ4n) is 2.76. The second-order valence-electron chi connectivity index (χ2n) is 5.38. The second kappa shape index (κ2) is 6.48. The summed E-state index contributed by atoms with van der Waals surface area (Å²) in [6, 6.07) is 18.1. The van der Waals surface area contributed by atoms with Gasteiger partial charge >= 0.3 is 6.09 Å². The van der Waals surface area contributed by atoms with Crippen molar-refractivity contribution in [2.75, 3.05) is 0 Å². The zero-order valence-corrected chi connectivity index (χ0v) is 12.6. The van der Waals surface area contributed by atoms with Crippen molar-refractivity contribution in [1.29, 1.82) is 0 Å². The maximum atomic E-state index is 12.7. The molecule has 4 heteroatoms. The Bertz CT molecular complexity index is 712. The number of hydrogen-bond donors (Lipinski definition) is 0. The smallest absolute Gasteiger partial charge is 0.417 e. The zero-order chi connectivity index (χ0) is 16.2. The highest BCUT2D eigenvalue weighted by atomic mass is 16.6. The van der Waals surface area contributed by atoms with Crippen molar-refractivity contribution in [2.45, 2.75) is 18.6 Å². The van der Waals surface area contributed by atoms with Crippen molar-refractivity contribution >= 4 is 12.0 Å². The van der Waals surface area contributed by atoms with Gasteiger partial charge in [0.15, 0.2) is 0 Å². The lowest BCUT2D eigenvalue weighted by Crippen LogP contribution is -2.42. The molecule has 1 fully saturated rings. The number of hydrogen-bond acceptors (Lipinski definition) is 3. The van der Waals surface area contributed by atoms with Gasteiger partial charge in [0.05, 0.1) is 6.04 Å². The first-order chi connectivity index (χ1) is 11.2. The standard InChI is InChI=1S/C19H17NO3/c1-2-17-16(13-14-9-5-3-6-10-14)20(19(22)23-17)18(21)15-11-7-4-8-12-15/h2-12,16-17H,1,13H2. The van der Waals surface area contributed by atoms with Crippen LogP contribution >= 0.6 is 0 Å². The summed E-state index contributed by atoms with van der Waals surface area (Å²) in [5, 5.41) is 0. The molecule has 2 aromatic carbocycles. The summed E-state index contributed by atoms with van der Waals surface area (Å²) >= 11 is 0. The highest BCUT2D eigenvalue weighted by molar-refractivity contribution is 6.04. The Kier molecular flexibility index (Phi) is 4.24. The highest BCUT2D eigenvalue weighted by Crippen LogP contribution is 2.26. The molecule has 2 amide bonds. The van der Waals surface area contributed by atoms with Gasteiger partial charge in [-0.25, -0.2) is 9.69 Å². The largest absolute Gasteiger partial charge is 0.439 e. The Hall–Kier alpha value is -2.88. The molecule has 0 spiro atoms. The summed E-state index contributed by atoms with van der Waals surface area (Å²) in [6.07, 6.45) is 0.978. The van der Waals surface area contributed by atoms with E-state index in [0.29, 0.717) is 12.0 Å². The summed E-state index contributed by atoms with van der Waals surface area (Å²) in [5.41, 5.74) is 1.50. The minimum absolute atomic E-state index is 0.346. The highest BCUT2D eigenvalue weighted by Gasteiger charge is 2.44. The SMILES string of the molecule is C=CC1OC(=O)N(C(=O)c2ccccc2)C1Cc1ccccc1. The average molecular weight is 307 g/mol. The van der Waals surface area contributed by atoms with Crippen LogP contribution in [-0.2, 0) is 11.2 Å². The van der Waals surface area contributed by atoms with Crippen molar-refractivity contribution in [3.8, 4) is 0 Å². The monoisotopic (exact) mass is 307 g/mol. The summed E-state index contributed by atoms with van der Waals surface area (Å²) in [4.78, 5) is 26.1. The van der Waals surface area contributed by atoms with Crippen molar-refractivity contribution in [3.05, 3.63) is 84.4 Å². The molecule has 0 saturated carbocycles. The molecule has 2 unspecified atom stereocenters. The van der Waals surface area contributed by atoms with Crippen LogP contribution in [-0.4, -0.2) is 29.0 Å². The van der Waals surface area contributed by atoms with Crippen LogP contribution in [0.3, 0.4) is 0 Å². The third-order valence-electron chi connectivity index (χ3n) is 3.90. The number of imide groups is 1. The van der Waals surface area contributed by atoms with Gasteiger partial charge in [0.25, 0.3) is 5.91 Å². The number of carbonyl (C=O) groups excluding carboxylic acids is 2. The minimum Gasteiger partial charge on any atom is -0.439 e. The lowest BCUT2D eigenvalue weighted by Gasteiger charge is -2.22. The molecule has 2 aromatic rings. The molecule has 0 radical (unpaired) electrons. The van der Waals surface area contributed by atoms with E-state index in [0.717, 1.165) is 5.56 Å². The van der Waals surface area contributed by atoms with Gasteiger partial charge < -0.3 is 4.74 Å². The summed E-state index contributed by atoms with van der Waals surface area (Å²) in [5.74, 6) is -0.346. The topological polar surface area (TPSA) is 46.6 Å². The van der Waals surface area contributed by atoms with Gasteiger partial charge in [0, 0.05) is 5.56 Å². The van der Waals surface area contributed by atoms with Crippen LogP contribution in [0.5, 0.6) is 0 Å². The summed E-state index contributed by atoms with van der Waals surface area (Å²) in [7, 11) is 0. The first kappa shape index (κ1) is 15.0. The first-order valence-corrected chi connectivity index (χ1v) is 7.46. The number of nitrogens with zero attached hydrogens (tertiary/aromatic N) is 1. The number of rotatable bonds is 4. The van der Waals surface area contributed by atoms with E-state index in [9.17, 15) is 9.59 Å². The molecular formula is C19H17NO3. The van der Waals surface area contributed by atoms with E-state index in [4.69, 9.17) is 4.74 Å². The normalized spacial score (nSPS) is 20.2. The summed E-state index contributed by atoms with van der Waals surface area (Å²) < 4.78 is 5.30. The molecule has 0 N–H and O–H groups in total. The third-order valence-corrected chi connectivity index (χ3v) is 3.90. The van der Waals surface area contributed by atoms with E-state index in [1.807, 2.05) is 36.4 Å². The van der Waals surface area contributed by atoms with Crippen LogP contribution in [0.15, 0.2) is 73.3 Å². The van der Waals surface area contributed by atoms with Crippen molar-refractivity contribution in [1.82, 2.24) is 4.90 Å². The lowest BCUT2D eigenvalue weighted by molar-refractivity contribution is 0.0774.